The van der Waals surface area contributed by atoms with Crippen LogP contribution in [0, 0.1) is 6.92 Å². The van der Waals surface area contributed by atoms with Crippen molar-refractivity contribution in [2.24, 2.45) is 0 Å². The number of carbonyl (C=O) groups excluding carboxylic acids is 1. The summed E-state index contributed by atoms with van der Waals surface area (Å²) in [7, 11) is -3.23. The molecule has 0 radical (unpaired) electrons. The van der Waals surface area contributed by atoms with Crippen LogP contribution in [0.2, 0.25) is 0 Å². The number of aryl methyl sites for hydroxylation is 1. The van der Waals surface area contributed by atoms with E-state index in [2.05, 4.69) is 4.98 Å². The molecule has 3 rings (SSSR count). The Labute approximate surface area is 137 Å². The van der Waals surface area contributed by atoms with Gasteiger partial charge in [-0.3, -0.25) is 4.79 Å². The summed E-state index contributed by atoms with van der Waals surface area (Å²) in [6.45, 7) is 2.53. The van der Waals surface area contributed by atoms with Crippen LogP contribution in [0.5, 0.6) is 0 Å². The highest BCUT2D eigenvalue weighted by molar-refractivity contribution is 7.91. The molecule has 8 heteroatoms. The number of nitrogens with zero attached hydrogens (tertiary/aromatic N) is 2. The van der Waals surface area contributed by atoms with Gasteiger partial charge in [0.1, 0.15) is 5.69 Å². The number of amides is 1. The van der Waals surface area contributed by atoms with Crippen molar-refractivity contribution in [1.29, 1.82) is 0 Å². The van der Waals surface area contributed by atoms with E-state index in [4.69, 9.17) is 0 Å². The summed E-state index contributed by atoms with van der Waals surface area (Å²) in [5, 5.41) is 3.95. The Morgan fingerprint density at radius 3 is 2.82 bits per heavy atom. The number of hydrogen-bond acceptors (Lipinski definition) is 6. The second kappa shape index (κ2) is 6.10. The Morgan fingerprint density at radius 2 is 2.18 bits per heavy atom. The van der Waals surface area contributed by atoms with Crippen LogP contribution < -0.4 is 0 Å². The van der Waals surface area contributed by atoms with E-state index in [9.17, 15) is 13.2 Å². The zero-order valence-electron chi connectivity index (χ0n) is 12.1. The van der Waals surface area contributed by atoms with E-state index in [1.165, 1.54) is 22.7 Å². The lowest BCUT2D eigenvalue weighted by molar-refractivity contribution is 0.0761. The molecular formula is C14H16N2O3S3. The molecule has 1 saturated heterocycles. The quantitative estimate of drug-likeness (QED) is 0.829. The van der Waals surface area contributed by atoms with Gasteiger partial charge in [-0.05, 0) is 24.8 Å². The van der Waals surface area contributed by atoms with Crippen molar-refractivity contribution in [3.63, 3.8) is 0 Å². The average molecular weight is 356 g/mol. The third kappa shape index (κ3) is 3.09. The van der Waals surface area contributed by atoms with Gasteiger partial charge in [-0.2, -0.15) is 0 Å². The highest BCUT2D eigenvalue weighted by atomic mass is 32.2. The first-order chi connectivity index (χ1) is 10.5. The normalized spacial score (nSPS) is 21.5. The van der Waals surface area contributed by atoms with Crippen LogP contribution in [0.25, 0.3) is 0 Å². The Morgan fingerprint density at radius 1 is 1.36 bits per heavy atom. The Kier molecular flexibility index (Phi) is 4.33. The lowest BCUT2D eigenvalue weighted by atomic mass is 10.2. The van der Waals surface area contributed by atoms with Crippen LogP contribution in [-0.2, 0) is 9.84 Å². The van der Waals surface area contributed by atoms with E-state index in [0.717, 1.165) is 9.88 Å². The zero-order chi connectivity index (χ0) is 15.7. The molecule has 1 aliphatic heterocycles. The zero-order valence-corrected chi connectivity index (χ0v) is 14.5. The molecule has 0 spiro atoms. The molecule has 3 heterocycles. The predicted molar refractivity (Wildman–Crippen MR) is 88.2 cm³/mol. The van der Waals surface area contributed by atoms with Crippen molar-refractivity contribution >= 4 is 38.4 Å². The van der Waals surface area contributed by atoms with Gasteiger partial charge < -0.3 is 4.90 Å². The topological polar surface area (TPSA) is 67.3 Å². The largest absolute Gasteiger partial charge is 0.336 e. The molecule has 118 valence electrons. The highest BCUT2D eigenvalue weighted by Crippen LogP contribution is 2.32. The van der Waals surface area contributed by atoms with Crippen LogP contribution in [0.1, 0.15) is 32.0 Å². The third-order valence-corrected chi connectivity index (χ3v) is 7.74. The second-order valence-corrected chi connectivity index (χ2v) is 9.55. The van der Waals surface area contributed by atoms with Crippen molar-refractivity contribution in [2.75, 3.05) is 18.8 Å². The smallest absolute Gasteiger partial charge is 0.273 e. The van der Waals surface area contributed by atoms with Crippen molar-refractivity contribution in [3.8, 4) is 0 Å². The van der Waals surface area contributed by atoms with E-state index in [1.807, 2.05) is 24.4 Å². The van der Waals surface area contributed by atoms with E-state index in [0.29, 0.717) is 18.7 Å². The number of hydrogen-bond donors (Lipinski definition) is 0. The molecule has 2 aromatic heterocycles. The Balaban J connectivity index is 1.80. The van der Waals surface area contributed by atoms with Crippen molar-refractivity contribution in [1.82, 2.24) is 9.88 Å². The van der Waals surface area contributed by atoms with Gasteiger partial charge in [-0.1, -0.05) is 6.07 Å². The average Bonchev–Trinajstić information content (AvgIpc) is 3.10. The minimum absolute atomic E-state index is 0.00439. The van der Waals surface area contributed by atoms with Gasteiger partial charge in [-0.15, -0.1) is 22.7 Å². The molecule has 0 aromatic carbocycles. The summed E-state index contributed by atoms with van der Waals surface area (Å²) in [5.74, 6) is -0.170. The van der Waals surface area contributed by atoms with Gasteiger partial charge in [0.15, 0.2) is 9.84 Å². The molecule has 1 aliphatic rings. The molecule has 1 unspecified atom stereocenters. The summed E-state index contributed by atoms with van der Waals surface area (Å²) < 4.78 is 24.9. The molecule has 1 amide bonds. The molecule has 1 atom stereocenters. The molecule has 5 nitrogen and oxygen atoms in total. The predicted octanol–water partition coefficient (Wildman–Crippen LogP) is 2.52. The first kappa shape index (κ1) is 15.6. The van der Waals surface area contributed by atoms with E-state index < -0.39 is 15.1 Å². The standard InChI is InChI=1S/C14H16N2O3S3/c1-10-15-11(9-21-10)14(17)16-5-4-13(12-3-2-7-20-12)22(18,19)8-6-16/h2-3,7,9,13H,4-6,8H2,1H3. The third-order valence-electron chi connectivity index (χ3n) is 3.73. The second-order valence-electron chi connectivity index (χ2n) is 5.20. The van der Waals surface area contributed by atoms with Gasteiger partial charge in [0, 0.05) is 23.3 Å². The number of carbonyl (C=O) groups is 1. The maximum absolute atomic E-state index is 12.5. The number of sulfone groups is 1. The lowest BCUT2D eigenvalue weighted by Crippen LogP contribution is -2.33. The van der Waals surface area contributed by atoms with E-state index in [1.54, 1.807) is 10.3 Å². The first-order valence-electron chi connectivity index (χ1n) is 6.94. The Bertz CT molecular complexity index is 765. The Hall–Kier alpha value is -1.25. The van der Waals surface area contributed by atoms with Crippen LogP contribution in [-0.4, -0.2) is 43.1 Å². The van der Waals surface area contributed by atoms with E-state index in [-0.39, 0.29) is 18.2 Å². The summed E-state index contributed by atoms with van der Waals surface area (Å²) in [4.78, 5) is 19.1. The monoisotopic (exact) mass is 356 g/mol. The maximum Gasteiger partial charge on any atom is 0.273 e. The molecule has 0 bridgehead atoms. The van der Waals surface area contributed by atoms with Gasteiger partial charge in [-0.25, -0.2) is 13.4 Å². The molecule has 0 saturated carbocycles. The number of thiophene rings is 1. The van der Waals surface area contributed by atoms with Gasteiger partial charge >= 0.3 is 0 Å². The van der Waals surface area contributed by atoms with Crippen LogP contribution in [0.4, 0.5) is 0 Å². The summed E-state index contributed by atoms with van der Waals surface area (Å²) in [6.07, 6.45) is 0.442. The van der Waals surface area contributed by atoms with Crippen molar-refractivity contribution in [2.45, 2.75) is 18.6 Å². The lowest BCUT2D eigenvalue weighted by Gasteiger charge is -2.18. The summed E-state index contributed by atoms with van der Waals surface area (Å²) >= 11 is 2.88. The fourth-order valence-corrected chi connectivity index (χ4v) is 6.16. The van der Waals surface area contributed by atoms with Crippen molar-refractivity contribution in [3.05, 3.63) is 38.5 Å². The SMILES string of the molecule is Cc1nc(C(=O)N2CCC(c3cccs3)S(=O)(=O)CC2)cs1. The number of thiazole rings is 1. The van der Waals surface area contributed by atoms with Gasteiger partial charge in [0.2, 0.25) is 0 Å². The maximum atomic E-state index is 12.5. The van der Waals surface area contributed by atoms with Crippen LogP contribution in [0.15, 0.2) is 22.9 Å². The molecule has 0 aliphatic carbocycles. The summed E-state index contributed by atoms with van der Waals surface area (Å²) in [5.41, 5.74) is 0.412. The minimum Gasteiger partial charge on any atom is -0.336 e. The number of rotatable bonds is 2. The van der Waals surface area contributed by atoms with E-state index >= 15 is 0 Å². The molecular weight excluding hydrogens is 340 g/mol. The van der Waals surface area contributed by atoms with Crippen LogP contribution >= 0.6 is 22.7 Å². The summed E-state index contributed by atoms with van der Waals surface area (Å²) in [6, 6.07) is 3.72. The van der Waals surface area contributed by atoms with Gasteiger partial charge in [0.05, 0.1) is 16.0 Å². The minimum atomic E-state index is -3.23. The molecule has 2 aromatic rings. The fourth-order valence-electron chi connectivity index (χ4n) is 2.56. The van der Waals surface area contributed by atoms with Crippen LogP contribution in [0.3, 0.4) is 0 Å². The molecule has 1 fully saturated rings. The van der Waals surface area contributed by atoms with Crippen molar-refractivity contribution < 1.29 is 13.2 Å². The first-order valence-corrected chi connectivity index (χ1v) is 10.4. The highest BCUT2D eigenvalue weighted by Gasteiger charge is 2.33. The number of aromatic nitrogens is 1. The van der Waals surface area contributed by atoms with Gasteiger partial charge in [0.25, 0.3) is 5.91 Å². The molecule has 0 N–H and O–H groups in total. The fraction of sp³-hybridized carbons (Fsp3) is 0.429. The molecule has 22 heavy (non-hydrogen) atoms.